The first-order valence-electron chi connectivity index (χ1n) is 6.50. The molecule has 1 aliphatic rings. The van der Waals surface area contributed by atoms with Crippen LogP contribution in [0.1, 0.15) is 29.9 Å². The molecule has 0 aromatic heterocycles. The Hall–Kier alpha value is -0.990. The fourth-order valence-corrected chi connectivity index (χ4v) is 2.89. The molecular formula is C16H15BrClN. The third kappa shape index (κ3) is 3.31. The lowest BCUT2D eigenvalue weighted by atomic mass is 10.1. The summed E-state index contributed by atoms with van der Waals surface area (Å²) in [6.45, 7) is 0.798. The largest absolute Gasteiger partial charge is 0.380 e. The molecule has 2 aromatic rings. The van der Waals surface area contributed by atoms with E-state index in [1.165, 1.54) is 24.0 Å². The summed E-state index contributed by atoms with van der Waals surface area (Å²) in [6, 6.07) is 14.8. The van der Waals surface area contributed by atoms with Crippen molar-refractivity contribution < 1.29 is 0 Å². The molecule has 0 aliphatic heterocycles. The van der Waals surface area contributed by atoms with Crippen LogP contribution in [-0.2, 0) is 6.54 Å². The molecule has 0 saturated heterocycles. The second-order valence-electron chi connectivity index (χ2n) is 4.99. The Morgan fingerprint density at radius 3 is 2.47 bits per heavy atom. The third-order valence-electron chi connectivity index (χ3n) is 3.44. The summed E-state index contributed by atoms with van der Waals surface area (Å²) < 4.78 is 0.997. The Kier molecular flexibility index (Phi) is 3.81. The molecule has 1 nitrogen and oxygen atoms in total. The van der Waals surface area contributed by atoms with Crippen molar-refractivity contribution in [1.29, 1.82) is 0 Å². The first-order chi connectivity index (χ1) is 9.22. The van der Waals surface area contributed by atoms with E-state index in [4.69, 9.17) is 11.6 Å². The Bertz CT molecular complexity index is 576. The number of hydrogen-bond donors (Lipinski definition) is 1. The van der Waals surface area contributed by atoms with Gasteiger partial charge in [-0.05, 0) is 48.1 Å². The van der Waals surface area contributed by atoms with Gasteiger partial charge in [0.15, 0.2) is 0 Å². The summed E-state index contributed by atoms with van der Waals surface area (Å²) in [5.41, 5.74) is 3.73. The molecule has 0 unspecified atom stereocenters. The smallest absolute Gasteiger partial charge is 0.0648 e. The van der Waals surface area contributed by atoms with E-state index in [0.717, 1.165) is 27.6 Å². The number of rotatable bonds is 4. The van der Waals surface area contributed by atoms with E-state index >= 15 is 0 Å². The molecule has 1 fully saturated rings. The van der Waals surface area contributed by atoms with Crippen LogP contribution in [-0.4, -0.2) is 0 Å². The van der Waals surface area contributed by atoms with Gasteiger partial charge < -0.3 is 5.32 Å². The zero-order valence-corrected chi connectivity index (χ0v) is 12.8. The lowest BCUT2D eigenvalue weighted by Gasteiger charge is -2.09. The molecule has 2 aromatic carbocycles. The van der Waals surface area contributed by atoms with E-state index in [1.54, 1.807) is 0 Å². The van der Waals surface area contributed by atoms with Gasteiger partial charge in [-0.25, -0.2) is 0 Å². The molecule has 1 aliphatic carbocycles. The zero-order valence-electron chi connectivity index (χ0n) is 10.5. The van der Waals surface area contributed by atoms with Crippen molar-refractivity contribution in [2.24, 2.45) is 0 Å². The molecular weight excluding hydrogens is 322 g/mol. The van der Waals surface area contributed by atoms with Crippen LogP contribution < -0.4 is 5.32 Å². The maximum atomic E-state index is 6.18. The van der Waals surface area contributed by atoms with E-state index < -0.39 is 0 Å². The molecule has 0 bridgehead atoms. The van der Waals surface area contributed by atoms with Crippen LogP contribution >= 0.6 is 27.5 Å². The molecule has 98 valence electrons. The Morgan fingerprint density at radius 1 is 1.11 bits per heavy atom. The van der Waals surface area contributed by atoms with Gasteiger partial charge in [0, 0.05) is 11.0 Å². The lowest BCUT2D eigenvalue weighted by Crippen LogP contribution is -2.00. The normalized spacial score (nSPS) is 14.4. The minimum absolute atomic E-state index is 0.740. The maximum absolute atomic E-state index is 6.18. The van der Waals surface area contributed by atoms with Crippen LogP contribution in [0.3, 0.4) is 0 Å². The molecule has 0 atom stereocenters. The second-order valence-corrected chi connectivity index (χ2v) is 6.32. The van der Waals surface area contributed by atoms with Gasteiger partial charge in [-0.3, -0.25) is 0 Å². The summed E-state index contributed by atoms with van der Waals surface area (Å²) in [4.78, 5) is 0. The average molecular weight is 337 g/mol. The lowest BCUT2D eigenvalue weighted by molar-refractivity contribution is 1.10. The SMILES string of the molecule is Clc1cc(Br)ccc1NCc1ccc(C2CC2)cc1. The minimum atomic E-state index is 0.740. The summed E-state index contributed by atoms with van der Waals surface area (Å²) in [5.74, 6) is 0.822. The van der Waals surface area contributed by atoms with Crippen LogP contribution in [0.15, 0.2) is 46.9 Å². The highest BCUT2D eigenvalue weighted by Crippen LogP contribution is 2.39. The minimum Gasteiger partial charge on any atom is -0.380 e. The van der Waals surface area contributed by atoms with Gasteiger partial charge in [0.25, 0.3) is 0 Å². The number of hydrogen-bond acceptors (Lipinski definition) is 1. The van der Waals surface area contributed by atoms with Gasteiger partial charge in [-0.2, -0.15) is 0 Å². The molecule has 1 saturated carbocycles. The molecule has 0 radical (unpaired) electrons. The monoisotopic (exact) mass is 335 g/mol. The number of anilines is 1. The van der Waals surface area contributed by atoms with Gasteiger partial charge in [0.2, 0.25) is 0 Å². The number of benzene rings is 2. The van der Waals surface area contributed by atoms with Gasteiger partial charge >= 0.3 is 0 Å². The van der Waals surface area contributed by atoms with Crippen LogP contribution in [0.2, 0.25) is 5.02 Å². The fourth-order valence-electron chi connectivity index (χ4n) is 2.15. The van der Waals surface area contributed by atoms with Crippen LogP contribution in [0.5, 0.6) is 0 Å². The van der Waals surface area contributed by atoms with Crippen molar-refractivity contribution in [1.82, 2.24) is 0 Å². The van der Waals surface area contributed by atoms with E-state index in [2.05, 4.69) is 45.5 Å². The maximum Gasteiger partial charge on any atom is 0.0648 e. The summed E-state index contributed by atoms with van der Waals surface area (Å²) >= 11 is 9.59. The third-order valence-corrected chi connectivity index (χ3v) is 4.25. The van der Waals surface area contributed by atoms with Crippen molar-refractivity contribution in [3.05, 3.63) is 63.1 Å². The highest BCUT2D eigenvalue weighted by Gasteiger charge is 2.22. The zero-order chi connectivity index (χ0) is 13.2. The molecule has 3 rings (SSSR count). The molecule has 19 heavy (non-hydrogen) atoms. The summed E-state index contributed by atoms with van der Waals surface area (Å²) in [6.07, 6.45) is 2.71. The molecule has 1 N–H and O–H groups in total. The fraction of sp³-hybridized carbons (Fsp3) is 0.250. The van der Waals surface area contributed by atoms with Crippen LogP contribution in [0.25, 0.3) is 0 Å². The van der Waals surface area contributed by atoms with E-state index in [-0.39, 0.29) is 0 Å². The van der Waals surface area contributed by atoms with Crippen molar-refractivity contribution >= 4 is 33.2 Å². The molecule has 0 spiro atoms. The average Bonchev–Trinajstić information content (AvgIpc) is 3.23. The molecule has 0 heterocycles. The van der Waals surface area contributed by atoms with Gasteiger partial charge in [0.1, 0.15) is 0 Å². The highest BCUT2D eigenvalue weighted by atomic mass is 79.9. The van der Waals surface area contributed by atoms with E-state index in [0.29, 0.717) is 0 Å². The Labute approximate surface area is 127 Å². The van der Waals surface area contributed by atoms with Gasteiger partial charge in [0.05, 0.1) is 10.7 Å². The molecule has 3 heteroatoms. The second kappa shape index (κ2) is 5.56. The highest BCUT2D eigenvalue weighted by molar-refractivity contribution is 9.10. The van der Waals surface area contributed by atoms with Gasteiger partial charge in [-0.1, -0.05) is 51.8 Å². The first kappa shape index (κ1) is 13.0. The standard InChI is InChI=1S/C16H15BrClN/c17-14-7-8-16(15(18)9-14)19-10-11-1-3-12(4-2-11)13-5-6-13/h1-4,7-9,13,19H,5-6,10H2. The quantitative estimate of drug-likeness (QED) is 0.767. The number of halogens is 2. The predicted octanol–water partition coefficient (Wildman–Crippen LogP) is 5.59. The topological polar surface area (TPSA) is 12.0 Å². The van der Waals surface area contributed by atoms with Crippen LogP contribution in [0, 0.1) is 0 Å². The van der Waals surface area contributed by atoms with E-state index in [9.17, 15) is 0 Å². The number of nitrogens with one attached hydrogen (secondary N) is 1. The van der Waals surface area contributed by atoms with Gasteiger partial charge in [-0.15, -0.1) is 0 Å². The van der Waals surface area contributed by atoms with E-state index in [1.807, 2.05) is 18.2 Å². The first-order valence-corrected chi connectivity index (χ1v) is 7.67. The van der Waals surface area contributed by atoms with Crippen molar-refractivity contribution in [3.8, 4) is 0 Å². The van der Waals surface area contributed by atoms with Crippen molar-refractivity contribution in [2.75, 3.05) is 5.32 Å². The predicted molar refractivity (Wildman–Crippen MR) is 84.9 cm³/mol. The Balaban J connectivity index is 1.64. The summed E-state index contributed by atoms with van der Waals surface area (Å²) in [5, 5.41) is 4.11. The summed E-state index contributed by atoms with van der Waals surface area (Å²) in [7, 11) is 0. The molecule has 0 amide bonds. The van der Waals surface area contributed by atoms with Crippen LogP contribution in [0.4, 0.5) is 5.69 Å². The van der Waals surface area contributed by atoms with Crippen molar-refractivity contribution in [3.63, 3.8) is 0 Å². The Morgan fingerprint density at radius 2 is 1.84 bits per heavy atom. The van der Waals surface area contributed by atoms with Crippen molar-refractivity contribution in [2.45, 2.75) is 25.3 Å².